The molecular formula is C6H11NO3. The quantitative estimate of drug-likeness (QED) is 0.557. The lowest BCUT2D eigenvalue weighted by Crippen LogP contribution is -2.27. The largest absolute Gasteiger partial charge is 0.481 e. The zero-order valence-electron chi connectivity index (χ0n) is 6.07. The molecule has 0 saturated heterocycles. The SMILES string of the molecule is CC(CN(C)C=O)C(=O)O. The van der Waals surface area contributed by atoms with E-state index in [1.54, 1.807) is 14.0 Å². The van der Waals surface area contributed by atoms with Crippen LogP contribution in [0.3, 0.4) is 0 Å². The Kier molecular flexibility index (Phi) is 3.46. The average molecular weight is 145 g/mol. The molecule has 1 N–H and O–H groups in total. The predicted molar refractivity (Wildman–Crippen MR) is 35.5 cm³/mol. The minimum Gasteiger partial charge on any atom is -0.481 e. The van der Waals surface area contributed by atoms with Crippen LogP contribution >= 0.6 is 0 Å². The second kappa shape index (κ2) is 3.87. The van der Waals surface area contributed by atoms with Gasteiger partial charge in [0.1, 0.15) is 0 Å². The summed E-state index contributed by atoms with van der Waals surface area (Å²) in [5, 5.41) is 8.38. The van der Waals surface area contributed by atoms with Crippen LogP contribution in [0.1, 0.15) is 6.92 Å². The first-order valence-corrected chi connectivity index (χ1v) is 2.96. The molecule has 0 rings (SSSR count). The molecular weight excluding hydrogens is 134 g/mol. The normalized spacial score (nSPS) is 12.2. The topological polar surface area (TPSA) is 57.6 Å². The van der Waals surface area contributed by atoms with Crippen molar-refractivity contribution >= 4 is 12.4 Å². The van der Waals surface area contributed by atoms with Crippen molar-refractivity contribution in [3.8, 4) is 0 Å². The molecule has 0 radical (unpaired) electrons. The first-order chi connectivity index (χ1) is 4.57. The van der Waals surface area contributed by atoms with Gasteiger partial charge in [0.05, 0.1) is 5.92 Å². The highest BCUT2D eigenvalue weighted by atomic mass is 16.4. The molecule has 0 saturated carbocycles. The maximum Gasteiger partial charge on any atom is 0.308 e. The molecule has 0 bridgehead atoms. The molecule has 0 aliphatic rings. The molecule has 0 fully saturated rings. The molecule has 0 aliphatic heterocycles. The minimum absolute atomic E-state index is 0.263. The third-order valence-corrected chi connectivity index (χ3v) is 1.16. The van der Waals surface area contributed by atoms with E-state index in [0.717, 1.165) is 0 Å². The first-order valence-electron chi connectivity index (χ1n) is 2.96. The van der Waals surface area contributed by atoms with E-state index in [1.165, 1.54) is 4.90 Å². The second-order valence-corrected chi connectivity index (χ2v) is 2.28. The number of hydrogen-bond acceptors (Lipinski definition) is 2. The van der Waals surface area contributed by atoms with E-state index in [4.69, 9.17) is 5.11 Å². The summed E-state index contributed by atoms with van der Waals surface area (Å²) in [6, 6.07) is 0. The van der Waals surface area contributed by atoms with Crippen molar-refractivity contribution in [1.82, 2.24) is 4.90 Å². The smallest absolute Gasteiger partial charge is 0.308 e. The summed E-state index contributed by atoms with van der Waals surface area (Å²) in [6.45, 7) is 1.82. The standard InChI is InChI=1S/C6H11NO3/c1-5(6(9)10)3-7(2)4-8/h4-5H,3H2,1-2H3,(H,9,10). The molecule has 0 aromatic carbocycles. The third-order valence-electron chi connectivity index (χ3n) is 1.16. The molecule has 1 atom stereocenters. The van der Waals surface area contributed by atoms with E-state index in [-0.39, 0.29) is 6.54 Å². The summed E-state index contributed by atoms with van der Waals surface area (Å²) in [7, 11) is 1.55. The van der Waals surface area contributed by atoms with Gasteiger partial charge in [0.25, 0.3) is 0 Å². The van der Waals surface area contributed by atoms with Crippen molar-refractivity contribution in [3.63, 3.8) is 0 Å². The highest BCUT2D eigenvalue weighted by Crippen LogP contribution is 1.95. The summed E-state index contributed by atoms with van der Waals surface area (Å²) >= 11 is 0. The van der Waals surface area contributed by atoms with E-state index in [1.807, 2.05) is 0 Å². The number of aliphatic carboxylic acids is 1. The van der Waals surface area contributed by atoms with Gasteiger partial charge in [0, 0.05) is 13.6 Å². The maximum atomic E-state index is 10.2. The van der Waals surface area contributed by atoms with Crippen LogP contribution in [0.4, 0.5) is 0 Å². The first kappa shape index (κ1) is 8.94. The van der Waals surface area contributed by atoms with Gasteiger partial charge in [-0.3, -0.25) is 9.59 Å². The van der Waals surface area contributed by atoms with E-state index < -0.39 is 11.9 Å². The zero-order valence-corrected chi connectivity index (χ0v) is 6.07. The van der Waals surface area contributed by atoms with Crippen LogP contribution in [-0.4, -0.2) is 36.0 Å². The monoisotopic (exact) mass is 145 g/mol. The molecule has 4 nitrogen and oxygen atoms in total. The van der Waals surface area contributed by atoms with Gasteiger partial charge in [-0.25, -0.2) is 0 Å². The van der Waals surface area contributed by atoms with Gasteiger partial charge in [0.2, 0.25) is 6.41 Å². The molecule has 4 heteroatoms. The molecule has 0 aromatic rings. The van der Waals surface area contributed by atoms with E-state index in [0.29, 0.717) is 6.41 Å². The highest BCUT2D eigenvalue weighted by Gasteiger charge is 2.11. The summed E-state index contributed by atoms with van der Waals surface area (Å²) in [6.07, 6.45) is 0.611. The Bertz CT molecular complexity index is 135. The van der Waals surface area contributed by atoms with Crippen molar-refractivity contribution in [1.29, 1.82) is 0 Å². The fourth-order valence-electron chi connectivity index (χ4n) is 0.553. The molecule has 1 amide bonds. The summed E-state index contributed by atoms with van der Waals surface area (Å²) in [4.78, 5) is 21.5. The Morgan fingerprint density at radius 3 is 2.60 bits per heavy atom. The van der Waals surface area contributed by atoms with Crippen molar-refractivity contribution in [2.45, 2.75) is 6.92 Å². The maximum absolute atomic E-state index is 10.2. The molecule has 58 valence electrons. The molecule has 0 heterocycles. The molecule has 0 spiro atoms. The van der Waals surface area contributed by atoms with Gasteiger partial charge in [0.15, 0.2) is 0 Å². The summed E-state index contributed by atoms with van der Waals surface area (Å²) in [5.41, 5.74) is 0. The van der Waals surface area contributed by atoms with Crippen LogP contribution in [0.15, 0.2) is 0 Å². The number of rotatable bonds is 4. The number of carboxylic acid groups (broad SMARTS) is 1. The average Bonchev–Trinajstić information content (AvgIpc) is 1.87. The van der Waals surface area contributed by atoms with Crippen molar-refractivity contribution < 1.29 is 14.7 Å². The lowest BCUT2D eigenvalue weighted by Gasteiger charge is -2.12. The number of carboxylic acids is 1. The zero-order chi connectivity index (χ0) is 8.15. The van der Waals surface area contributed by atoms with Crippen LogP contribution in [0.25, 0.3) is 0 Å². The van der Waals surface area contributed by atoms with Gasteiger partial charge < -0.3 is 10.0 Å². The lowest BCUT2D eigenvalue weighted by atomic mass is 10.2. The second-order valence-electron chi connectivity index (χ2n) is 2.28. The minimum atomic E-state index is -0.881. The number of hydrogen-bond donors (Lipinski definition) is 1. The van der Waals surface area contributed by atoms with Crippen LogP contribution in [0.2, 0.25) is 0 Å². The molecule has 1 unspecified atom stereocenters. The number of carbonyl (C=O) groups excluding carboxylic acids is 1. The van der Waals surface area contributed by atoms with Crippen LogP contribution < -0.4 is 0 Å². The lowest BCUT2D eigenvalue weighted by molar-refractivity contribution is -0.141. The number of carbonyl (C=O) groups is 2. The summed E-state index contributed by atoms with van der Waals surface area (Å²) < 4.78 is 0. The van der Waals surface area contributed by atoms with Crippen LogP contribution in [0.5, 0.6) is 0 Å². The highest BCUT2D eigenvalue weighted by molar-refractivity contribution is 5.70. The predicted octanol–water partition coefficient (Wildman–Crippen LogP) is -0.205. The van der Waals surface area contributed by atoms with Crippen molar-refractivity contribution in [2.75, 3.05) is 13.6 Å². The Hall–Kier alpha value is -1.06. The van der Waals surface area contributed by atoms with Gasteiger partial charge in [-0.2, -0.15) is 0 Å². The van der Waals surface area contributed by atoms with Crippen molar-refractivity contribution in [3.05, 3.63) is 0 Å². The molecule has 0 aliphatic carbocycles. The Morgan fingerprint density at radius 1 is 1.80 bits per heavy atom. The van der Waals surface area contributed by atoms with Gasteiger partial charge in [-0.15, -0.1) is 0 Å². The van der Waals surface area contributed by atoms with E-state index >= 15 is 0 Å². The van der Waals surface area contributed by atoms with Crippen LogP contribution in [-0.2, 0) is 9.59 Å². The molecule has 0 aromatic heterocycles. The van der Waals surface area contributed by atoms with E-state index in [2.05, 4.69) is 0 Å². The Balaban J connectivity index is 3.67. The fraction of sp³-hybridized carbons (Fsp3) is 0.667. The van der Waals surface area contributed by atoms with Crippen LogP contribution in [0, 0.1) is 5.92 Å². The number of nitrogens with zero attached hydrogens (tertiary/aromatic N) is 1. The number of amides is 1. The van der Waals surface area contributed by atoms with Gasteiger partial charge >= 0.3 is 5.97 Å². The Morgan fingerprint density at radius 2 is 2.30 bits per heavy atom. The summed E-state index contributed by atoms with van der Waals surface area (Å²) in [5.74, 6) is -1.37. The van der Waals surface area contributed by atoms with Crippen molar-refractivity contribution in [2.24, 2.45) is 5.92 Å². The van der Waals surface area contributed by atoms with E-state index in [9.17, 15) is 9.59 Å². The molecule has 10 heavy (non-hydrogen) atoms. The van der Waals surface area contributed by atoms with Gasteiger partial charge in [-0.1, -0.05) is 6.92 Å². The van der Waals surface area contributed by atoms with Gasteiger partial charge in [-0.05, 0) is 0 Å². The Labute approximate surface area is 59.4 Å². The fourth-order valence-corrected chi connectivity index (χ4v) is 0.553. The third kappa shape index (κ3) is 3.06.